The number of amides is 1. The van der Waals surface area contributed by atoms with Gasteiger partial charge in [-0.1, -0.05) is 194 Å². The predicted molar refractivity (Wildman–Crippen MR) is 245 cm³/mol. The van der Waals surface area contributed by atoms with Gasteiger partial charge in [0.15, 0.2) is 18.5 Å². The molecule has 1 amide bonds. The minimum absolute atomic E-state index is 0.164. The largest absolute Gasteiger partial charge is 0.695 e. The molecule has 0 aromatic carbocycles. The molecule has 1 rings (SSSR count). The maximum Gasteiger partial charge on any atom is 0.695 e. The number of nitrogens with one attached hydrogen (secondary N) is 1. The van der Waals surface area contributed by atoms with E-state index in [1.165, 1.54) is 70.6 Å². The minimum atomic E-state index is -4.34. The summed E-state index contributed by atoms with van der Waals surface area (Å²) < 4.78 is 64.4. The van der Waals surface area contributed by atoms with E-state index < -0.39 is 87.9 Å². The fourth-order valence-electron chi connectivity index (χ4n) is 8.27. The van der Waals surface area contributed by atoms with Crippen molar-refractivity contribution in [3.05, 3.63) is 0 Å². The van der Waals surface area contributed by atoms with Gasteiger partial charge >= 0.3 is 26.1 Å². The Bertz CT molecular complexity index is 1220. The topological polar surface area (TPSA) is 198 Å². The van der Waals surface area contributed by atoms with Crippen LogP contribution in [-0.4, -0.2) is 93.4 Å². The van der Waals surface area contributed by atoms with E-state index >= 15 is 8.78 Å². The molecule has 0 aromatic heterocycles. The van der Waals surface area contributed by atoms with E-state index in [1.54, 1.807) is 0 Å². The molecule has 5 N–H and O–H groups in total. The zero-order chi connectivity index (χ0) is 47.4. The van der Waals surface area contributed by atoms with Gasteiger partial charge in [-0.05, 0) is 25.7 Å². The Morgan fingerprint density at radius 2 is 1.08 bits per heavy atom. The van der Waals surface area contributed by atoms with Gasteiger partial charge in [-0.25, -0.2) is 0 Å². The Balaban J connectivity index is 3.00. The average molecular weight is 941 g/mol. The Labute approximate surface area is 385 Å². The number of carbonyl (C=O) groups excluding carboxylic acids is 3. The van der Waals surface area contributed by atoms with E-state index in [0.717, 1.165) is 89.9 Å². The van der Waals surface area contributed by atoms with Crippen molar-refractivity contribution >= 4 is 26.1 Å². The van der Waals surface area contributed by atoms with Gasteiger partial charge in [-0.3, -0.25) is 14.4 Å². The van der Waals surface area contributed by atoms with Gasteiger partial charge in [0, 0.05) is 11.0 Å². The first-order valence-electron chi connectivity index (χ1n) is 25.3. The summed E-state index contributed by atoms with van der Waals surface area (Å²) in [6.07, 6.45) is 18.7. The van der Waals surface area contributed by atoms with Crippen LogP contribution < -0.4 is 5.32 Å². The highest BCUT2D eigenvalue weighted by atomic mass is 31.1. The lowest BCUT2D eigenvalue weighted by Crippen LogP contribution is -2.67. The molecule has 0 radical (unpaired) electrons. The first-order valence-corrected chi connectivity index (χ1v) is 26.5. The van der Waals surface area contributed by atoms with Crippen LogP contribution in [0.3, 0.4) is 0 Å². The van der Waals surface area contributed by atoms with Crippen LogP contribution in [0.25, 0.3) is 0 Å². The fourth-order valence-corrected chi connectivity index (χ4v) is 8.73. The number of hydrogen-bond donors (Lipinski definition) is 5. The number of unbranched alkanes of at least 4 members (excludes halogenated alkanes) is 26. The molecule has 0 aromatic rings. The lowest BCUT2D eigenvalue weighted by atomic mass is 9.95. The molecular weight excluding hydrogens is 851 g/mol. The Morgan fingerprint density at radius 3 is 1.52 bits per heavy atom. The number of esters is 2. The molecule has 13 nitrogen and oxygen atoms in total. The molecule has 376 valence electrons. The van der Waals surface area contributed by atoms with Crippen molar-refractivity contribution in [2.45, 2.75) is 281 Å². The molecule has 8 atom stereocenters. The molecular formula is C48H89F2NO12P+. The monoisotopic (exact) mass is 941 g/mol. The molecule has 1 aliphatic heterocycles. The predicted octanol–water partition coefficient (Wildman–Crippen LogP) is 11.0. The van der Waals surface area contributed by atoms with E-state index in [2.05, 4.69) is 20.8 Å². The lowest BCUT2D eigenvalue weighted by molar-refractivity contribution is -0.256. The second-order valence-corrected chi connectivity index (χ2v) is 18.7. The van der Waals surface area contributed by atoms with Crippen molar-refractivity contribution in [3.63, 3.8) is 0 Å². The first kappa shape index (κ1) is 60.1. The number of carbonyl (C=O) groups is 3. The highest BCUT2D eigenvalue weighted by Crippen LogP contribution is 2.33. The molecule has 1 saturated heterocycles. The van der Waals surface area contributed by atoms with Crippen molar-refractivity contribution in [1.29, 1.82) is 0 Å². The van der Waals surface area contributed by atoms with Crippen LogP contribution in [0.4, 0.5) is 8.78 Å². The Morgan fingerprint density at radius 1 is 0.656 bits per heavy atom. The average Bonchev–Trinajstić information content (AvgIpc) is 3.25. The van der Waals surface area contributed by atoms with Gasteiger partial charge < -0.3 is 34.8 Å². The van der Waals surface area contributed by atoms with Crippen LogP contribution >= 0.6 is 8.25 Å². The van der Waals surface area contributed by atoms with Crippen molar-refractivity contribution in [1.82, 2.24) is 5.32 Å². The molecule has 0 spiro atoms. The summed E-state index contributed by atoms with van der Waals surface area (Å²) in [6, 6.07) is -1.98. The third-order valence-electron chi connectivity index (χ3n) is 12.2. The van der Waals surface area contributed by atoms with Gasteiger partial charge in [0.05, 0.1) is 13.0 Å². The van der Waals surface area contributed by atoms with Crippen LogP contribution in [0.15, 0.2) is 0 Å². The minimum Gasteiger partial charge on any atom is -0.462 e. The number of hydrogen-bond acceptors (Lipinski definition) is 11. The molecule has 16 heteroatoms. The highest BCUT2D eigenvalue weighted by Gasteiger charge is 2.55. The summed E-state index contributed by atoms with van der Waals surface area (Å²) in [7, 11) is -3.46. The van der Waals surface area contributed by atoms with Crippen LogP contribution in [-0.2, 0) is 37.7 Å². The summed E-state index contributed by atoms with van der Waals surface area (Å²) >= 11 is 0. The van der Waals surface area contributed by atoms with Crippen molar-refractivity contribution in [2.24, 2.45) is 0 Å². The van der Waals surface area contributed by atoms with Crippen molar-refractivity contribution in [2.75, 3.05) is 6.61 Å². The smallest absolute Gasteiger partial charge is 0.462 e. The van der Waals surface area contributed by atoms with Crippen LogP contribution in [0.5, 0.6) is 0 Å². The maximum atomic E-state index is 15.4. The second kappa shape index (κ2) is 38.1. The van der Waals surface area contributed by atoms with E-state index in [4.69, 9.17) is 18.7 Å². The number of ether oxygens (including phenoxy) is 3. The van der Waals surface area contributed by atoms with E-state index in [1.807, 2.05) is 5.32 Å². The molecule has 0 saturated carbocycles. The van der Waals surface area contributed by atoms with Crippen molar-refractivity contribution < 1.29 is 66.7 Å². The van der Waals surface area contributed by atoms with Gasteiger partial charge in [0.1, 0.15) is 24.4 Å². The van der Waals surface area contributed by atoms with E-state index in [-0.39, 0.29) is 19.3 Å². The summed E-state index contributed by atoms with van der Waals surface area (Å²) in [4.78, 5) is 49.5. The van der Waals surface area contributed by atoms with Crippen molar-refractivity contribution in [3.8, 4) is 0 Å². The summed E-state index contributed by atoms with van der Waals surface area (Å²) in [5.41, 5.74) is 0. The third-order valence-corrected chi connectivity index (χ3v) is 12.7. The molecule has 1 aliphatic rings. The van der Waals surface area contributed by atoms with Gasteiger partial charge in [-0.2, -0.15) is 8.78 Å². The quantitative estimate of drug-likeness (QED) is 0.0221. The first-order chi connectivity index (χ1) is 30.8. The number of aliphatic hydroxyl groups excluding tert-OH is 3. The number of halogens is 2. The Hall–Kier alpha value is -1.87. The zero-order valence-corrected chi connectivity index (χ0v) is 40.7. The van der Waals surface area contributed by atoms with Gasteiger partial charge in [0.25, 0.3) is 5.91 Å². The number of rotatable bonds is 42. The normalized spacial score (nSPS) is 20.1. The van der Waals surface area contributed by atoms with E-state index in [0.29, 0.717) is 25.7 Å². The number of aliphatic hydroxyl groups is 3. The lowest BCUT2D eigenvalue weighted by Gasteiger charge is -2.42. The summed E-state index contributed by atoms with van der Waals surface area (Å²) in [5.74, 6) is -7.85. The summed E-state index contributed by atoms with van der Waals surface area (Å²) in [6.45, 7) is 5.60. The highest BCUT2D eigenvalue weighted by molar-refractivity contribution is 7.32. The molecule has 0 bridgehead atoms. The maximum absolute atomic E-state index is 15.4. The third kappa shape index (κ3) is 27.7. The SMILES string of the molecule is CCCCCCCCCCCCCC(=O)OC(CCCCCCCCCCC)CC(=O)O[C@H]1[C@H](O[P+](=O)O)[C@@H](CO)OC(O)[C@@H]1NC(=O)C(F)(F)C(O)CCCCCCCCCCC. The van der Waals surface area contributed by atoms with E-state index in [9.17, 15) is 39.2 Å². The molecule has 0 aliphatic carbocycles. The molecule has 1 heterocycles. The van der Waals surface area contributed by atoms with Crippen LogP contribution in [0.1, 0.15) is 233 Å². The van der Waals surface area contributed by atoms with Crippen LogP contribution in [0, 0.1) is 0 Å². The standard InChI is InChI=1S/C48H88F2NO12P/c1-4-7-10-13-16-19-20-23-26-29-32-35-41(54)60-38(33-30-27-24-21-17-14-11-8-5-2)36-42(55)62-45-43(46(56)61-39(37-52)44(45)63-64(58)59)51-47(57)48(49,50)40(53)34-31-28-25-22-18-15-12-9-6-3/h38-40,43-46,52-53,56H,4-37H2,1-3H3,(H-,51,57,58,59)/p+1/t38?,39-,40?,43-,44-,45-,46?/m1/s1. The van der Waals surface area contributed by atoms with Gasteiger partial charge in [-0.15, -0.1) is 9.42 Å². The number of alkyl halides is 2. The molecule has 4 unspecified atom stereocenters. The Kier molecular flexibility index (Phi) is 35.8. The zero-order valence-electron chi connectivity index (χ0n) is 39.8. The fraction of sp³-hybridized carbons (Fsp3) is 0.938. The van der Waals surface area contributed by atoms with Crippen LogP contribution in [0.2, 0.25) is 0 Å². The molecule has 64 heavy (non-hydrogen) atoms. The summed E-state index contributed by atoms with van der Waals surface area (Å²) in [5, 5.41) is 33.2. The second-order valence-electron chi connectivity index (χ2n) is 18.0. The molecule has 1 fully saturated rings. The van der Waals surface area contributed by atoms with Gasteiger partial charge in [0.2, 0.25) is 0 Å².